The molecule has 9 heteroatoms. The summed E-state index contributed by atoms with van der Waals surface area (Å²) in [4.78, 5) is 13.3. The van der Waals surface area contributed by atoms with Crippen LogP contribution in [-0.2, 0) is 16.5 Å². The van der Waals surface area contributed by atoms with Crippen LogP contribution in [0.5, 0.6) is 0 Å². The van der Waals surface area contributed by atoms with E-state index in [9.17, 15) is 17.8 Å². The van der Waals surface area contributed by atoms with Gasteiger partial charge in [-0.1, -0.05) is 48.4 Å². The summed E-state index contributed by atoms with van der Waals surface area (Å²) in [7, 11) is -4.84. The summed E-state index contributed by atoms with van der Waals surface area (Å²) in [5.74, 6) is -0.842. The normalized spacial score (nSPS) is 24.8. The lowest BCUT2D eigenvalue weighted by molar-refractivity contribution is 0.0967. The molecular formula is C19H18Cl2N2O4S. The van der Waals surface area contributed by atoms with E-state index in [4.69, 9.17) is 23.2 Å². The van der Waals surface area contributed by atoms with Crippen molar-refractivity contribution in [2.24, 2.45) is 5.41 Å². The predicted octanol–water partition coefficient (Wildman–Crippen LogP) is 4.29. The molecule has 0 saturated heterocycles. The number of aromatic nitrogens is 2. The standard InChI is InChI=1S/C19H18Cl2N2O4S/c1-12-10-18(2,11-14-5-8-22-23-14)6-7-19(12,28(25,26)27)17(24)15-4-3-13(20)9-16(15)21/h3-10H,11H2,1-2H3,(H,22,23)(H,25,26,27). The molecule has 0 spiro atoms. The molecule has 2 N–H and O–H groups in total. The summed E-state index contributed by atoms with van der Waals surface area (Å²) in [5.41, 5.74) is 0.422. The number of carbonyl (C=O) groups is 1. The van der Waals surface area contributed by atoms with Crippen molar-refractivity contribution in [2.45, 2.75) is 25.0 Å². The molecule has 28 heavy (non-hydrogen) atoms. The molecule has 0 saturated carbocycles. The number of nitrogens with one attached hydrogen (secondary N) is 1. The van der Waals surface area contributed by atoms with Crippen molar-refractivity contribution in [2.75, 3.05) is 0 Å². The van der Waals surface area contributed by atoms with E-state index in [0.29, 0.717) is 11.4 Å². The maximum atomic E-state index is 13.3. The average Bonchev–Trinajstić information content (AvgIpc) is 3.05. The van der Waals surface area contributed by atoms with Crippen LogP contribution in [0, 0.1) is 5.41 Å². The summed E-state index contributed by atoms with van der Waals surface area (Å²) >= 11 is 12.0. The molecule has 0 aliphatic heterocycles. The zero-order valence-electron chi connectivity index (χ0n) is 15.1. The third kappa shape index (κ3) is 3.55. The Morgan fingerprint density at radius 2 is 1.96 bits per heavy atom. The highest BCUT2D eigenvalue weighted by Gasteiger charge is 2.52. The lowest BCUT2D eigenvalue weighted by atomic mass is 9.74. The predicted molar refractivity (Wildman–Crippen MR) is 108 cm³/mol. The number of rotatable bonds is 5. The highest BCUT2D eigenvalue weighted by Crippen LogP contribution is 2.42. The Morgan fingerprint density at radius 3 is 2.50 bits per heavy atom. The minimum absolute atomic E-state index is 0.00696. The van der Waals surface area contributed by atoms with Crippen molar-refractivity contribution in [3.63, 3.8) is 0 Å². The lowest BCUT2D eigenvalue weighted by Crippen LogP contribution is -2.48. The molecule has 6 nitrogen and oxygen atoms in total. The van der Waals surface area contributed by atoms with Gasteiger partial charge in [0.2, 0.25) is 0 Å². The highest BCUT2D eigenvalue weighted by molar-refractivity contribution is 7.88. The minimum atomic E-state index is -4.84. The molecule has 1 aromatic heterocycles. The molecule has 0 amide bonds. The molecule has 1 aromatic carbocycles. The molecule has 2 atom stereocenters. The molecule has 3 rings (SSSR count). The van der Waals surface area contributed by atoms with Crippen LogP contribution >= 0.6 is 23.2 Å². The second-order valence-corrected chi connectivity index (χ2v) is 9.53. The zero-order chi connectivity index (χ0) is 20.7. The van der Waals surface area contributed by atoms with Crippen molar-refractivity contribution < 1.29 is 17.8 Å². The molecule has 2 aromatic rings. The molecule has 2 unspecified atom stereocenters. The van der Waals surface area contributed by atoms with Crippen LogP contribution in [0.1, 0.15) is 29.9 Å². The summed E-state index contributed by atoms with van der Waals surface area (Å²) in [6.45, 7) is 3.39. The molecule has 0 bridgehead atoms. The summed E-state index contributed by atoms with van der Waals surface area (Å²) in [5, 5.41) is 7.08. The van der Waals surface area contributed by atoms with E-state index in [1.807, 2.05) is 13.0 Å². The van der Waals surface area contributed by atoms with E-state index in [2.05, 4.69) is 10.2 Å². The van der Waals surface area contributed by atoms with Crippen LogP contribution in [-0.4, -0.2) is 33.7 Å². The second kappa shape index (κ2) is 7.15. The largest absolute Gasteiger partial charge is 0.291 e. The molecule has 148 valence electrons. The average molecular weight is 441 g/mol. The number of nitrogens with zero attached hydrogens (tertiary/aromatic N) is 1. The fourth-order valence-electron chi connectivity index (χ4n) is 3.53. The van der Waals surface area contributed by atoms with Crippen molar-refractivity contribution in [1.29, 1.82) is 0 Å². The minimum Gasteiger partial charge on any atom is -0.291 e. The van der Waals surface area contributed by atoms with E-state index in [1.165, 1.54) is 31.2 Å². The van der Waals surface area contributed by atoms with Crippen LogP contribution in [0.2, 0.25) is 10.0 Å². The van der Waals surface area contributed by atoms with Crippen LogP contribution in [0.15, 0.2) is 54.3 Å². The number of ketones is 1. The smallest absolute Gasteiger partial charge is 0.285 e. The molecule has 0 fully saturated rings. The zero-order valence-corrected chi connectivity index (χ0v) is 17.4. The Kier molecular flexibility index (Phi) is 5.31. The fourth-order valence-corrected chi connectivity index (χ4v) is 5.07. The van der Waals surface area contributed by atoms with Gasteiger partial charge in [0.15, 0.2) is 10.5 Å². The quantitative estimate of drug-likeness (QED) is 0.410. The van der Waals surface area contributed by atoms with Gasteiger partial charge in [0.1, 0.15) is 0 Å². The Balaban J connectivity index is 2.10. The monoisotopic (exact) mass is 440 g/mol. The maximum Gasteiger partial charge on any atom is 0.285 e. The highest BCUT2D eigenvalue weighted by atomic mass is 35.5. The van der Waals surface area contributed by atoms with E-state index >= 15 is 0 Å². The van der Waals surface area contributed by atoms with Crippen LogP contribution in [0.3, 0.4) is 0 Å². The van der Waals surface area contributed by atoms with Gasteiger partial charge in [0.05, 0.1) is 5.02 Å². The molecule has 1 aliphatic carbocycles. The van der Waals surface area contributed by atoms with Crippen molar-refractivity contribution in [1.82, 2.24) is 10.2 Å². The van der Waals surface area contributed by atoms with Crippen LogP contribution < -0.4 is 0 Å². The van der Waals surface area contributed by atoms with Gasteiger partial charge in [-0.2, -0.15) is 13.5 Å². The third-order valence-electron chi connectivity index (χ3n) is 4.88. The number of Topliss-reactive ketones (excluding diaryl/α,β-unsaturated/α-hetero) is 1. The van der Waals surface area contributed by atoms with Gasteiger partial charge in [0, 0.05) is 34.3 Å². The number of benzene rings is 1. The van der Waals surface area contributed by atoms with Crippen LogP contribution in [0.25, 0.3) is 0 Å². The Hall–Kier alpha value is -1.93. The first-order valence-electron chi connectivity index (χ1n) is 8.34. The van der Waals surface area contributed by atoms with Gasteiger partial charge in [0.25, 0.3) is 10.1 Å². The number of aromatic amines is 1. The van der Waals surface area contributed by atoms with Gasteiger partial charge in [-0.25, -0.2) is 0 Å². The molecular weight excluding hydrogens is 423 g/mol. The van der Waals surface area contributed by atoms with Crippen LogP contribution in [0.4, 0.5) is 0 Å². The molecule has 1 aliphatic rings. The first-order chi connectivity index (χ1) is 13.0. The van der Waals surface area contributed by atoms with Gasteiger partial charge in [-0.15, -0.1) is 0 Å². The van der Waals surface area contributed by atoms with E-state index in [0.717, 1.165) is 5.69 Å². The number of H-pyrrole nitrogens is 1. The van der Waals surface area contributed by atoms with Gasteiger partial charge in [-0.3, -0.25) is 14.4 Å². The lowest BCUT2D eigenvalue weighted by Gasteiger charge is -2.35. The maximum absolute atomic E-state index is 13.3. The van der Waals surface area contributed by atoms with E-state index in [-0.39, 0.29) is 16.2 Å². The number of allylic oxidation sites excluding steroid dienone is 2. The number of carbonyl (C=O) groups excluding carboxylic acids is 1. The van der Waals surface area contributed by atoms with Gasteiger partial charge >= 0.3 is 0 Å². The fraction of sp³-hybridized carbons (Fsp3) is 0.263. The topological polar surface area (TPSA) is 100 Å². The number of hydrogen-bond acceptors (Lipinski definition) is 4. The Morgan fingerprint density at radius 1 is 1.25 bits per heavy atom. The number of halogens is 2. The number of hydrogen-bond donors (Lipinski definition) is 2. The van der Waals surface area contributed by atoms with Gasteiger partial charge < -0.3 is 0 Å². The third-order valence-corrected chi connectivity index (χ3v) is 6.89. The van der Waals surface area contributed by atoms with Crippen molar-refractivity contribution in [3.8, 4) is 0 Å². The first-order valence-corrected chi connectivity index (χ1v) is 10.5. The summed E-state index contributed by atoms with van der Waals surface area (Å²) in [6, 6.07) is 5.94. The van der Waals surface area contributed by atoms with E-state index in [1.54, 1.807) is 18.3 Å². The Labute approximate surface area is 173 Å². The van der Waals surface area contributed by atoms with Crippen molar-refractivity contribution >= 4 is 39.1 Å². The molecule has 1 heterocycles. The second-order valence-electron chi connectivity index (χ2n) is 7.09. The summed E-state index contributed by atoms with van der Waals surface area (Å²) < 4.78 is 32.6. The van der Waals surface area contributed by atoms with Crippen molar-refractivity contribution in [3.05, 3.63) is 75.6 Å². The summed E-state index contributed by atoms with van der Waals surface area (Å²) in [6.07, 6.45) is 6.65. The SMILES string of the molecule is CC1=CC(C)(Cc2ccn[nH]2)C=CC1(C(=O)c1ccc(Cl)cc1Cl)S(=O)(=O)O. The first kappa shape index (κ1) is 20.8. The Bertz CT molecular complexity index is 1090. The molecule has 0 radical (unpaired) electrons. The van der Waals surface area contributed by atoms with Gasteiger partial charge in [-0.05, 0) is 36.8 Å². The van der Waals surface area contributed by atoms with E-state index < -0.39 is 26.1 Å².